The first-order valence-corrected chi connectivity index (χ1v) is 8.78. The Balaban J connectivity index is 1.59. The maximum atomic E-state index is 13.3. The van der Waals surface area contributed by atoms with Crippen LogP contribution in [0.25, 0.3) is 21.8 Å². The van der Waals surface area contributed by atoms with Crippen LogP contribution in [0.2, 0.25) is 0 Å². The van der Waals surface area contributed by atoms with Gasteiger partial charge in [0, 0.05) is 35.8 Å². The molecule has 2 aromatic carbocycles. The van der Waals surface area contributed by atoms with Crippen molar-refractivity contribution in [3.63, 3.8) is 0 Å². The summed E-state index contributed by atoms with van der Waals surface area (Å²) in [6, 6.07) is 11.1. The van der Waals surface area contributed by atoms with E-state index in [2.05, 4.69) is 25.8 Å². The molecule has 0 radical (unpaired) electrons. The zero-order valence-electron chi connectivity index (χ0n) is 15.0. The van der Waals surface area contributed by atoms with Crippen LogP contribution in [0.3, 0.4) is 0 Å². The van der Waals surface area contributed by atoms with Crippen molar-refractivity contribution in [3.05, 3.63) is 60.0 Å². The molecule has 0 aliphatic carbocycles. The monoisotopic (exact) mass is 379 g/mol. The highest BCUT2D eigenvalue weighted by atomic mass is 19.1. The van der Waals surface area contributed by atoms with Crippen molar-refractivity contribution in [2.75, 3.05) is 5.32 Å². The van der Waals surface area contributed by atoms with E-state index in [1.54, 1.807) is 0 Å². The molecule has 0 spiro atoms. The Morgan fingerprint density at radius 1 is 1.14 bits per heavy atom. The van der Waals surface area contributed by atoms with E-state index in [-0.39, 0.29) is 11.7 Å². The quantitative estimate of drug-likeness (QED) is 0.429. The van der Waals surface area contributed by atoms with E-state index in [0.717, 1.165) is 16.5 Å². The van der Waals surface area contributed by atoms with Crippen molar-refractivity contribution in [2.45, 2.75) is 19.4 Å². The molecule has 0 bridgehead atoms. The number of hydrogen-bond donors (Lipinski definition) is 4. The van der Waals surface area contributed by atoms with Gasteiger partial charge in [-0.15, -0.1) is 0 Å². The molecule has 1 atom stereocenters. The number of aromatic nitrogens is 3. The molecule has 0 saturated carbocycles. The number of fused-ring (bicyclic) bond motifs is 2. The number of hydrogen-bond acceptors (Lipinski definition) is 3. The lowest BCUT2D eigenvalue weighted by Crippen LogP contribution is -2.44. The maximum Gasteiger partial charge on any atom is 0.248 e. The summed E-state index contributed by atoms with van der Waals surface area (Å²) < 4.78 is 13.3. The topological polar surface area (TPSA) is 103 Å². The van der Waals surface area contributed by atoms with Gasteiger partial charge in [-0.1, -0.05) is 18.2 Å². The Hall–Kier alpha value is -3.68. The summed E-state index contributed by atoms with van der Waals surface area (Å²) >= 11 is 0. The van der Waals surface area contributed by atoms with E-state index in [0.29, 0.717) is 17.3 Å². The molecule has 0 fully saturated rings. The fourth-order valence-corrected chi connectivity index (χ4v) is 3.27. The molecular weight excluding hydrogens is 361 g/mol. The Morgan fingerprint density at radius 2 is 1.96 bits per heavy atom. The van der Waals surface area contributed by atoms with E-state index >= 15 is 0 Å². The number of rotatable bonds is 5. The molecule has 0 saturated heterocycles. The number of para-hydroxylation sites is 1. The number of benzene rings is 2. The molecule has 8 heteroatoms. The molecular formula is C20H18FN5O2. The third-order valence-corrected chi connectivity index (χ3v) is 4.56. The van der Waals surface area contributed by atoms with Gasteiger partial charge in [0.05, 0.1) is 5.52 Å². The zero-order valence-corrected chi connectivity index (χ0v) is 15.0. The molecule has 4 aromatic rings. The van der Waals surface area contributed by atoms with E-state index in [1.165, 1.54) is 25.1 Å². The number of amides is 2. The molecule has 2 heterocycles. The molecule has 4 rings (SSSR count). The normalized spacial score (nSPS) is 12.2. The highest BCUT2D eigenvalue weighted by molar-refractivity contribution is 6.03. The number of aromatic amines is 2. The smallest absolute Gasteiger partial charge is 0.248 e. The summed E-state index contributed by atoms with van der Waals surface area (Å²) in [4.78, 5) is 27.7. The first-order chi connectivity index (χ1) is 13.5. The molecule has 2 amide bonds. The lowest BCUT2D eigenvalue weighted by atomic mass is 10.0. The van der Waals surface area contributed by atoms with Crippen LogP contribution in [-0.2, 0) is 16.0 Å². The van der Waals surface area contributed by atoms with Gasteiger partial charge < -0.3 is 15.6 Å². The van der Waals surface area contributed by atoms with Crippen molar-refractivity contribution in [1.29, 1.82) is 0 Å². The molecule has 0 aliphatic heterocycles. The van der Waals surface area contributed by atoms with Crippen LogP contribution in [0.15, 0.2) is 48.7 Å². The van der Waals surface area contributed by atoms with Crippen molar-refractivity contribution >= 4 is 39.4 Å². The van der Waals surface area contributed by atoms with Crippen molar-refractivity contribution < 1.29 is 14.0 Å². The second-order valence-corrected chi connectivity index (χ2v) is 6.57. The number of halogens is 1. The molecule has 7 nitrogen and oxygen atoms in total. The zero-order chi connectivity index (χ0) is 19.7. The van der Waals surface area contributed by atoms with Crippen LogP contribution in [0, 0.1) is 5.82 Å². The minimum absolute atomic E-state index is 0.286. The molecule has 142 valence electrons. The van der Waals surface area contributed by atoms with Crippen LogP contribution in [0.5, 0.6) is 0 Å². The second-order valence-electron chi connectivity index (χ2n) is 6.57. The highest BCUT2D eigenvalue weighted by Crippen LogP contribution is 2.22. The number of anilines is 1. The first-order valence-electron chi connectivity index (χ1n) is 8.78. The predicted molar refractivity (Wildman–Crippen MR) is 104 cm³/mol. The van der Waals surface area contributed by atoms with Gasteiger partial charge in [-0.2, -0.15) is 5.10 Å². The highest BCUT2D eigenvalue weighted by Gasteiger charge is 2.23. The van der Waals surface area contributed by atoms with Gasteiger partial charge in [-0.25, -0.2) is 4.39 Å². The summed E-state index contributed by atoms with van der Waals surface area (Å²) in [5, 5.41) is 13.7. The lowest BCUT2D eigenvalue weighted by molar-refractivity contribution is -0.125. The van der Waals surface area contributed by atoms with E-state index in [4.69, 9.17) is 0 Å². The van der Waals surface area contributed by atoms with Crippen LogP contribution >= 0.6 is 0 Å². The third kappa shape index (κ3) is 3.44. The van der Waals surface area contributed by atoms with E-state index < -0.39 is 17.8 Å². The van der Waals surface area contributed by atoms with Crippen LogP contribution in [0.4, 0.5) is 10.2 Å². The summed E-state index contributed by atoms with van der Waals surface area (Å²) in [5.41, 5.74) is 2.35. The third-order valence-electron chi connectivity index (χ3n) is 4.56. The minimum Gasteiger partial charge on any atom is -0.361 e. The fourth-order valence-electron chi connectivity index (χ4n) is 3.27. The van der Waals surface area contributed by atoms with Crippen molar-refractivity contribution in [1.82, 2.24) is 20.5 Å². The average molecular weight is 379 g/mol. The molecule has 0 aliphatic rings. The van der Waals surface area contributed by atoms with Gasteiger partial charge in [0.2, 0.25) is 11.8 Å². The van der Waals surface area contributed by atoms with Gasteiger partial charge in [0.25, 0.3) is 0 Å². The molecule has 0 unspecified atom stereocenters. The number of H-pyrrole nitrogens is 2. The lowest BCUT2D eigenvalue weighted by Gasteiger charge is -2.16. The van der Waals surface area contributed by atoms with Gasteiger partial charge in [-0.3, -0.25) is 14.7 Å². The first kappa shape index (κ1) is 17.7. The van der Waals surface area contributed by atoms with Gasteiger partial charge in [-0.05, 0) is 29.8 Å². The van der Waals surface area contributed by atoms with Crippen LogP contribution in [-0.4, -0.2) is 33.0 Å². The van der Waals surface area contributed by atoms with Crippen molar-refractivity contribution in [2.24, 2.45) is 0 Å². The second kappa shape index (κ2) is 7.15. The van der Waals surface area contributed by atoms with E-state index in [9.17, 15) is 14.0 Å². The molecule has 2 aromatic heterocycles. The van der Waals surface area contributed by atoms with Crippen LogP contribution < -0.4 is 10.6 Å². The van der Waals surface area contributed by atoms with Gasteiger partial charge in [0.15, 0.2) is 5.82 Å². The number of nitrogens with one attached hydrogen (secondary N) is 4. The predicted octanol–water partition coefficient (Wildman–Crippen LogP) is 2.87. The minimum atomic E-state index is -0.788. The number of nitrogens with zero attached hydrogens (tertiary/aromatic N) is 1. The summed E-state index contributed by atoms with van der Waals surface area (Å²) in [5.74, 6) is -0.828. The van der Waals surface area contributed by atoms with Crippen molar-refractivity contribution in [3.8, 4) is 0 Å². The summed E-state index contributed by atoms with van der Waals surface area (Å²) in [6.07, 6.45) is 2.14. The Bertz CT molecular complexity index is 1180. The molecule has 4 N–H and O–H groups in total. The Labute approximate surface area is 159 Å². The number of carbonyl (C=O) groups excluding carboxylic acids is 2. The average Bonchev–Trinajstić information content (AvgIpc) is 3.25. The Kier molecular flexibility index (Phi) is 4.52. The largest absolute Gasteiger partial charge is 0.361 e. The Morgan fingerprint density at radius 3 is 2.79 bits per heavy atom. The van der Waals surface area contributed by atoms with E-state index in [1.807, 2.05) is 30.5 Å². The van der Waals surface area contributed by atoms with Gasteiger partial charge in [0.1, 0.15) is 11.9 Å². The number of carbonyl (C=O) groups is 2. The summed E-state index contributed by atoms with van der Waals surface area (Å²) in [6.45, 7) is 1.36. The van der Waals surface area contributed by atoms with Gasteiger partial charge >= 0.3 is 0 Å². The fraction of sp³-hybridized carbons (Fsp3) is 0.150. The summed E-state index contributed by atoms with van der Waals surface area (Å²) in [7, 11) is 0. The standard InChI is InChI=1S/C20H18FN5O2/c1-11(27)23-18(8-12-10-22-16-5-3-2-4-14(12)16)20(28)24-19-15-7-6-13(21)9-17(15)25-26-19/h2-7,9-10,18,22H,8H2,1H3,(H,23,27)(H2,24,25,26,28)/t18-/m1/s1. The van der Waals surface area contributed by atoms with Crippen LogP contribution in [0.1, 0.15) is 12.5 Å². The molecule has 28 heavy (non-hydrogen) atoms. The maximum absolute atomic E-state index is 13.3. The SMILES string of the molecule is CC(=O)N[C@H](Cc1c[nH]c2ccccc12)C(=O)Nc1n[nH]c2cc(F)ccc12.